The highest BCUT2D eigenvalue weighted by Gasteiger charge is 2.30. The Hall–Kier alpha value is -4.44. The lowest BCUT2D eigenvalue weighted by Crippen LogP contribution is -2.44. The highest BCUT2D eigenvalue weighted by atomic mass is 16.1. The van der Waals surface area contributed by atoms with Crippen LogP contribution in [0.4, 0.5) is 17.2 Å². The van der Waals surface area contributed by atoms with Crippen LogP contribution in [0, 0.1) is 0 Å². The van der Waals surface area contributed by atoms with E-state index in [4.69, 9.17) is 10.7 Å². The number of nitrogens with zero attached hydrogens (tertiary/aromatic N) is 6. The number of hydrogen-bond donors (Lipinski definition) is 3. The molecule has 1 amide bonds. The van der Waals surface area contributed by atoms with Gasteiger partial charge in [0, 0.05) is 62.2 Å². The average Bonchev–Trinajstić information content (AvgIpc) is 2.90. The molecule has 1 saturated heterocycles. The van der Waals surface area contributed by atoms with Crippen molar-refractivity contribution in [1.29, 1.82) is 0 Å². The molecule has 3 aromatic heterocycles. The SMILES string of the molecule is C=CC(=O)Nc1ccnc(C2c3ccncc3C(N)=CN2Nc2ccc(N3CCN(C)CC3)nc2)c1. The highest BCUT2D eigenvalue weighted by molar-refractivity contribution is 5.98. The number of nitrogens with two attached hydrogens (primary N) is 1. The second-order valence-corrected chi connectivity index (χ2v) is 8.83. The van der Waals surface area contributed by atoms with Gasteiger partial charge in [-0.1, -0.05) is 6.58 Å². The number of carbonyl (C=O) groups is 1. The van der Waals surface area contributed by atoms with Crippen LogP contribution in [0.2, 0.25) is 0 Å². The molecule has 184 valence electrons. The summed E-state index contributed by atoms with van der Waals surface area (Å²) in [5, 5.41) is 4.71. The Bertz CT molecular complexity index is 1280. The van der Waals surface area contributed by atoms with Gasteiger partial charge in [-0.15, -0.1) is 0 Å². The van der Waals surface area contributed by atoms with Gasteiger partial charge in [0.2, 0.25) is 5.91 Å². The minimum absolute atomic E-state index is 0.286. The largest absolute Gasteiger partial charge is 0.397 e. The van der Waals surface area contributed by atoms with Gasteiger partial charge in [-0.05, 0) is 49.0 Å². The van der Waals surface area contributed by atoms with Crippen molar-refractivity contribution in [3.05, 3.63) is 90.8 Å². The summed E-state index contributed by atoms with van der Waals surface area (Å²) in [7, 11) is 2.14. The monoisotopic (exact) mass is 483 g/mol. The number of likely N-dealkylation sites (N-methyl/N-ethyl adjacent to an activating group) is 1. The van der Waals surface area contributed by atoms with Gasteiger partial charge in [0.15, 0.2) is 0 Å². The molecule has 0 bridgehead atoms. The third kappa shape index (κ3) is 4.84. The van der Waals surface area contributed by atoms with Crippen LogP contribution in [0.25, 0.3) is 5.70 Å². The second kappa shape index (κ2) is 10.0. The van der Waals surface area contributed by atoms with Crippen molar-refractivity contribution in [3.8, 4) is 0 Å². The van der Waals surface area contributed by atoms with Crippen LogP contribution >= 0.6 is 0 Å². The quantitative estimate of drug-likeness (QED) is 0.455. The Labute approximate surface area is 210 Å². The van der Waals surface area contributed by atoms with Crippen molar-refractivity contribution >= 4 is 28.8 Å². The molecule has 1 atom stereocenters. The van der Waals surface area contributed by atoms with Crippen LogP contribution in [-0.4, -0.2) is 64.0 Å². The third-order valence-corrected chi connectivity index (χ3v) is 6.36. The first-order valence-electron chi connectivity index (χ1n) is 11.8. The maximum absolute atomic E-state index is 11.9. The number of hydrazine groups is 1. The zero-order chi connectivity index (χ0) is 25.1. The lowest BCUT2D eigenvalue weighted by atomic mass is 9.94. The van der Waals surface area contributed by atoms with Gasteiger partial charge in [-0.2, -0.15) is 0 Å². The number of nitrogens with one attached hydrogen (secondary N) is 2. The number of piperazine rings is 1. The van der Waals surface area contributed by atoms with Crippen molar-refractivity contribution < 1.29 is 4.79 Å². The van der Waals surface area contributed by atoms with E-state index < -0.39 is 0 Å². The topological polar surface area (TPSA) is 116 Å². The fourth-order valence-electron chi connectivity index (χ4n) is 4.42. The number of aromatic nitrogens is 3. The lowest BCUT2D eigenvalue weighted by molar-refractivity contribution is -0.111. The summed E-state index contributed by atoms with van der Waals surface area (Å²) in [6, 6.07) is 9.23. The minimum Gasteiger partial charge on any atom is -0.397 e. The molecule has 0 aliphatic carbocycles. The van der Waals surface area contributed by atoms with Crippen LogP contribution in [-0.2, 0) is 4.79 Å². The Morgan fingerprint density at radius 2 is 1.92 bits per heavy atom. The summed E-state index contributed by atoms with van der Waals surface area (Å²) in [4.78, 5) is 30.0. The van der Waals surface area contributed by atoms with E-state index in [2.05, 4.69) is 44.1 Å². The van der Waals surface area contributed by atoms with E-state index in [1.165, 1.54) is 6.08 Å². The van der Waals surface area contributed by atoms with Crippen molar-refractivity contribution in [2.75, 3.05) is 48.9 Å². The normalized spacial score (nSPS) is 17.7. The number of rotatable bonds is 6. The zero-order valence-electron chi connectivity index (χ0n) is 20.1. The van der Waals surface area contributed by atoms with E-state index in [9.17, 15) is 4.79 Å². The first-order chi connectivity index (χ1) is 17.5. The molecule has 10 nitrogen and oxygen atoms in total. The van der Waals surface area contributed by atoms with Crippen LogP contribution in [0.3, 0.4) is 0 Å². The van der Waals surface area contributed by atoms with Gasteiger partial charge in [0.1, 0.15) is 11.9 Å². The maximum Gasteiger partial charge on any atom is 0.247 e. The van der Waals surface area contributed by atoms with E-state index >= 15 is 0 Å². The number of amides is 1. The number of anilines is 3. The summed E-state index contributed by atoms with van der Waals surface area (Å²) in [5.41, 5.74) is 14.4. The molecule has 0 saturated carbocycles. The molecular weight excluding hydrogens is 454 g/mol. The Morgan fingerprint density at radius 3 is 2.67 bits per heavy atom. The fraction of sp³-hybridized carbons (Fsp3) is 0.231. The van der Waals surface area contributed by atoms with E-state index in [-0.39, 0.29) is 11.9 Å². The van der Waals surface area contributed by atoms with Crippen LogP contribution < -0.4 is 21.4 Å². The molecule has 10 heteroatoms. The van der Waals surface area contributed by atoms with Crippen molar-refractivity contribution in [1.82, 2.24) is 24.9 Å². The Kier molecular flexibility index (Phi) is 6.50. The van der Waals surface area contributed by atoms with Gasteiger partial charge in [0.25, 0.3) is 0 Å². The molecule has 1 fully saturated rings. The van der Waals surface area contributed by atoms with E-state index in [1.807, 2.05) is 41.7 Å². The predicted molar refractivity (Wildman–Crippen MR) is 141 cm³/mol. The summed E-state index contributed by atoms with van der Waals surface area (Å²) in [6.07, 6.45) is 10.0. The number of fused-ring (bicyclic) bond motifs is 1. The first kappa shape index (κ1) is 23.3. The molecule has 5 heterocycles. The summed E-state index contributed by atoms with van der Waals surface area (Å²) < 4.78 is 0. The molecule has 0 radical (unpaired) electrons. The molecule has 4 N–H and O–H groups in total. The van der Waals surface area contributed by atoms with Gasteiger partial charge < -0.3 is 20.9 Å². The second-order valence-electron chi connectivity index (χ2n) is 8.83. The molecule has 2 aliphatic rings. The lowest BCUT2D eigenvalue weighted by Gasteiger charge is -2.36. The fourth-order valence-corrected chi connectivity index (χ4v) is 4.42. The standard InChI is InChI=1S/C26H29N9O/c1-3-25(36)31-18-6-9-29-23(14-18)26-20-7-8-28-16-21(20)22(27)17-35(26)32-19-4-5-24(30-15-19)34-12-10-33(2)11-13-34/h3-9,14-17,26,32H,1,10-13,27H2,2H3,(H,29,31,36). The predicted octanol–water partition coefficient (Wildman–Crippen LogP) is 2.44. The van der Waals surface area contributed by atoms with Crippen molar-refractivity contribution in [2.24, 2.45) is 5.73 Å². The van der Waals surface area contributed by atoms with Crippen molar-refractivity contribution in [2.45, 2.75) is 6.04 Å². The van der Waals surface area contributed by atoms with Gasteiger partial charge in [-0.3, -0.25) is 25.2 Å². The Balaban J connectivity index is 1.44. The molecule has 1 unspecified atom stereocenters. The molecular formula is C26H29N9O. The van der Waals surface area contributed by atoms with E-state index in [0.29, 0.717) is 11.4 Å². The minimum atomic E-state index is -0.326. The van der Waals surface area contributed by atoms with Crippen LogP contribution in [0.1, 0.15) is 22.9 Å². The first-order valence-corrected chi connectivity index (χ1v) is 11.8. The third-order valence-electron chi connectivity index (χ3n) is 6.36. The number of carbonyl (C=O) groups excluding carboxylic acids is 1. The molecule has 3 aromatic rings. The molecule has 0 spiro atoms. The molecule has 36 heavy (non-hydrogen) atoms. The van der Waals surface area contributed by atoms with Crippen LogP contribution in [0.15, 0.2) is 74.0 Å². The van der Waals surface area contributed by atoms with Crippen molar-refractivity contribution in [3.63, 3.8) is 0 Å². The molecule has 2 aliphatic heterocycles. The summed E-state index contributed by atoms with van der Waals surface area (Å²) in [5.74, 6) is 0.675. The number of hydrogen-bond acceptors (Lipinski definition) is 9. The zero-order valence-corrected chi connectivity index (χ0v) is 20.1. The van der Waals surface area contributed by atoms with Gasteiger partial charge >= 0.3 is 0 Å². The van der Waals surface area contributed by atoms with Gasteiger partial charge in [0.05, 0.1) is 23.3 Å². The molecule has 0 aromatic carbocycles. The maximum atomic E-state index is 11.9. The summed E-state index contributed by atoms with van der Waals surface area (Å²) >= 11 is 0. The van der Waals surface area contributed by atoms with E-state index in [1.54, 1.807) is 24.7 Å². The number of pyridine rings is 3. The molecule has 5 rings (SSSR count). The van der Waals surface area contributed by atoms with Crippen LogP contribution in [0.5, 0.6) is 0 Å². The highest BCUT2D eigenvalue weighted by Crippen LogP contribution is 2.37. The average molecular weight is 484 g/mol. The summed E-state index contributed by atoms with van der Waals surface area (Å²) in [6.45, 7) is 7.48. The van der Waals surface area contributed by atoms with E-state index in [0.717, 1.165) is 54.5 Å². The smallest absolute Gasteiger partial charge is 0.247 e. The van der Waals surface area contributed by atoms with Gasteiger partial charge in [-0.25, -0.2) is 4.98 Å². The Morgan fingerprint density at radius 1 is 1.08 bits per heavy atom.